The smallest absolute Gasteiger partial charge is 0.303 e. The van der Waals surface area contributed by atoms with Crippen LogP contribution in [0.15, 0.2) is 12.7 Å². The molecule has 0 aromatic carbocycles. The van der Waals surface area contributed by atoms with Crippen LogP contribution in [-0.2, 0) is 76.1 Å². The van der Waals surface area contributed by atoms with Gasteiger partial charge in [-0.1, -0.05) is 6.08 Å². The molecule has 0 aromatic rings. The van der Waals surface area contributed by atoms with Crippen LogP contribution in [0.1, 0.15) is 41.5 Å². The van der Waals surface area contributed by atoms with Crippen LogP contribution < -0.4 is 0 Å². The summed E-state index contributed by atoms with van der Waals surface area (Å²) in [6.45, 7) is 9.79. The van der Waals surface area contributed by atoms with Crippen LogP contribution in [0.5, 0.6) is 0 Å². The zero-order valence-electron chi connectivity index (χ0n) is 24.3. The van der Waals surface area contributed by atoms with E-state index in [4.69, 9.17) is 47.4 Å². The first-order chi connectivity index (χ1) is 19.7. The van der Waals surface area contributed by atoms with E-state index in [1.165, 1.54) is 13.2 Å². The van der Waals surface area contributed by atoms with Gasteiger partial charge in [0.05, 0.1) is 6.61 Å². The van der Waals surface area contributed by atoms with Gasteiger partial charge in [0.2, 0.25) is 0 Å². The molecule has 2 saturated heterocycles. The van der Waals surface area contributed by atoms with Crippen LogP contribution in [0.2, 0.25) is 0 Å². The second kappa shape index (κ2) is 15.6. The van der Waals surface area contributed by atoms with Crippen molar-refractivity contribution in [3.8, 4) is 0 Å². The van der Waals surface area contributed by atoms with E-state index in [0.717, 1.165) is 41.5 Å². The van der Waals surface area contributed by atoms with E-state index >= 15 is 0 Å². The van der Waals surface area contributed by atoms with Crippen LogP contribution >= 0.6 is 0 Å². The average Bonchev–Trinajstić information content (AvgIpc) is 2.86. The second-order valence-corrected chi connectivity index (χ2v) is 9.26. The summed E-state index contributed by atoms with van der Waals surface area (Å²) in [5.74, 6) is -4.66. The molecule has 236 valence electrons. The van der Waals surface area contributed by atoms with Crippen molar-refractivity contribution in [1.82, 2.24) is 0 Å². The van der Waals surface area contributed by atoms with Crippen LogP contribution in [0.3, 0.4) is 0 Å². The first-order valence-electron chi connectivity index (χ1n) is 12.8. The Kier molecular flexibility index (Phi) is 12.8. The lowest BCUT2D eigenvalue weighted by molar-refractivity contribution is -0.327. The quantitative estimate of drug-likeness (QED) is 0.172. The van der Waals surface area contributed by atoms with Crippen molar-refractivity contribution in [2.24, 2.45) is 0 Å². The normalized spacial score (nSPS) is 32.5. The first-order valence-corrected chi connectivity index (χ1v) is 12.8. The molecule has 10 atom stereocenters. The molecule has 0 radical (unpaired) electrons. The summed E-state index contributed by atoms with van der Waals surface area (Å²) in [6, 6.07) is 0. The largest absolute Gasteiger partial charge is 0.456 e. The standard InChI is InChI=1S/C26H36O16/c1-9-17-19(35-11(2)27)21(37-13(4)29)24(40-16(7)32)26(41-17)34-10-18-20(36-12(3)28)22(38-14(5)30)23(39-15(6)31)25(33-8)42-18/h9,17-26H,1,10H2,2-8H3/t17-,18-,19+,20+,21+,22+,23-,24-,25+,26-/m1/s1. The molecule has 0 N–H and O–H groups in total. The number of methoxy groups -OCH3 is 1. The molecule has 2 heterocycles. The van der Waals surface area contributed by atoms with Crippen molar-refractivity contribution < 1.29 is 76.1 Å². The minimum absolute atomic E-state index is 0.486. The Morgan fingerprint density at radius 1 is 0.571 bits per heavy atom. The highest BCUT2D eigenvalue weighted by Crippen LogP contribution is 2.33. The maximum absolute atomic E-state index is 12.0. The zero-order chi connectivity index (χ0) is 31.7. The van der Waals surface area contributed by atoms with E-state index in [9.17, 15) is 28.8 Å². The molecule has 42 heavy (non-hydrogen) atoms. The maximum atomic E-state index is 12.0. The molecule has 2 aliphatic heterocycles. The van der Waals surface area contributed by atoms with Gasteiger partial charge < -0.3 is 47.4 Å². The van der Waals surface area contributed by atoms with Gasteiger partial charge in [0.1, 0.15) is 12.2 Å². The van der Waals surface area contributed by atoms with Gasteiger partial charge in [-0.2, -0.15) is 0 Å². The summed E-state index contributed by atoms with van der Waals surface area (Å²) in [7, 11) is 1.24. The first kappa shape index (κ1) is 34.6. The van der Waals surface area contributed by atoms with E-state index in [-0.39, 0.29) is 0 Å². The lowest BCUT2D eigenvalue weighted by Crippen LogP contribution is -2.64. The molecule has 0 aliphatic carbocycles. The summed E-state index contributed by atoms with van der Waals surface area (Å²) in [5.41, 5.74) is 0. The molecule has 0 amide bonds. The predicted molar refractivity (Wildman–Crippen MR) is 134 cm³/mol. The second-order valence-electron chi connectivity index (χ2n) is 9.26. The number of carbonyl (C=O) groups excluding carboxylic acids is 6. The molecule has 0 saturated carbocycles. The number of ether oxygens (including phenoxy) is 10. The zero-order valence-corrected chi connectivity index (χ0v) is 24.3. The van der Waals surface area contributed by atoms with Crippen molar-refractivity contribution in [1.29, 1.82) is 0 Å². The fourth-order valence-electron chi connectivity index (χ4n) is 4.50. The van der Waals surface area contributed by atoms with E-state index in [2.05, 4.69) is 6.58 Å². The third-order valence-electron chi connectivity index (χ3n) is 5.82. The lowest BCUT2D eigenvalue weighted by Gasteiger charge is -2.46. The number of carbonyl (C=O) groups is 6. The molecule has 0 aromatic heterocycles. The summed E-state index contributed by atoms with van der Waals surface area (Å²) in [6.07, 6.45) is -12.1. The van der Waals surface area contributed by atoms with Crippen LogP contribution in [0.4, 0.5) is 0 Å². The molecular weight excluding hydrogens is 568 g/mol. The van der Waals surface area contributed by atoms with E-state index in [0.29, 0.717) is 0 Å². The third kappa shape index (κ3) is 9.47. The van der Waals surface area contributed by atoms with Gasteiger partial charge in [-0.25, -0.2) is 0 Å². The fraction of sp³-hybridized carbons (Fsp3) is 0.692. The molecule has 16 heteroatoms. The molecular formula is C26H36O16. The number of rotatable bonds is 11. The van der Waals surface area contributed by atoms with Gasteiger partial charge >= 0.3 is 35.8 Å². The lowest BCUT2D eigenvalue weighted by atomic mass is 9.97. The van der Waals surface area contributed by atoms with Crippen LogP contribution in [0.25, 0.3) is 0 Å². The predicted octanol–water partition coefficient (Wildman–Crippen LogP) is -0.125. The topological polar surface area (TPSA) is 195 Å². The molecule has 2 rings (SSSR count). The Labute approximate surface area is 241 Å². The molecule has 0 unspecified atom stereocenters. The number of hydrogen-bond acceptors (Lipinski definition) is 16. The van der Waals surface area contributed by atoms with Gasteiger partial charge in [0.25, 0.3) is 0 Å². The highest BCUT2D eigenvalue weighted by atomic mass is 16.8. The van der Waals surface area contributed by atoms with Crippen molar-refractivity contribution >= 4 is 35.8 Å². The Morgan fingerprint density at radius 2 is 0.952 bits per heavy atom. The SMILES string of the molecule is C=C[C@H]1O[C@@H](OC[C@H]2O[C@H](OC)[C@H](OC(C)=O)[C@@H](OC(C)=O)[C@H]2OC(C)=O)[C@H](OC(C)=O)[C@@H](OC(C)=O)[C@H]1OC(C)=O. The molecule has 2 fully saturated rings. The van der Waals surface area contributed by atoms with Gasteiger partial charge in [-0.05, 0) is 0 Å². The monoisotopic (exact) mass is 604 g/mol. The van der Waals surface area contributed by atoms with E-state index in [1.807, 2.05) is 0 Å². The van der Waals surface area contributed by atoms with E-state index < -0.39 is 104 Å². The van der Waals surface area contributed by atoms with Gasteiger partial charge in [-0.15, -0.1) is 6.58 Å². The summed E-state index contributed by atoms with van der Waals surface area (Å²) in [5, 5.41) is 0. The van der Waals surface area contributed by atoms with Crippen LogP contribution in [-0.4, -0.2) is 111 Å². The van der Waals surface area contributed by atoms with Crippen molar-refractivity contribution in [3.63, 3.8) is 0 Å². The Bertz CT molecular complexity index is 1030. The third-order valence-corrected chi connectivity index (χ3v) is 5.82. The minimum Gasteiger partial charge on any atom is -0.456 e. The van der Waals surface area contributed by atoms with E-state index in [1.54, 1.807) is 0 Å². The van der Waals surface area contributed by atoms with Crippen LogP contribution in [0, 0.1) is 0 Å². The molecule has 0 bridgehead atoms. The highest BCUT2D eigenvalue weighted by molar-refractivity contribution is 5.69. The highest BCUT2D eigenvalue weighted by Gasteiger charge is 2.55. The fourth-order valence-corrected chi connectivity index (χ4v) is 4.50. The average molecular weight is 605 g/mol. The van der Waals surface area contributed by atoms with Crippen molar-refractivity contribution in [3.05, 3.63) is 12.7 Å². The minimum atomic E-state index is -1.48. The summed E-state index contributed by atoms with van der Waals surface area (Å²) >= 11 is 0. The number of hydrogen-bond donors (Lipinski definition) is 0. The van der Waals surface area contributed by atoms with Gasteiger partial charge in [-0.3, -0.25) is 28.8 Å². The number of esters is 6. The Balaban J connectivity index is 2.46. The Morgan fingerprint density at radius 3 is 1.38 bits per heavy atom. The summed E-state index contributed by atoms with van der Waals surface area (Å²) < 4.78 is 55.0. The maximum Gasteiger partial charge on any atom is 0.303 e. The van der Waals surface area contributed by atoms with Crippen molar-refractivity contribution in [2.75, 3.05) is 13.7 Å². The summed E-state index contributed by atoms with van der Waals surface area (Å²) in [4.78, 5) is 71.5. The molecule has 16 nitrogen and oxygen atoms in total. The van der Waals surface area contributed by atoms with Gasteiger partial charge in [0.15, 0.2) is 49.2 Å². The van der Waals surface area contributed by atoms with Crippen molar-refractivity contribution in [2.45, 2.75) is 103 Å². The molecule has 0 spiro atoms. The Hall–Kier alpha value is -3.60. The van der Waals surface area contributed by atoms with Gasteiger partial charge in [0, 0.05) is 48.7 Å². The molecule has 2 aliphatic rings.